The van der Waals surface area contributed by atoms with Crippen LogP contribution < -0.4 is 16.4 Å². The summed E-state index contributed by atoms with van der Waals surface area (Å²) in [5, 5.41) is 16.9. The molecule has 0 aliphatic rings. The van der Waals surface area contributed by atoms with Crippen LogP contribution in [0.2, 0.25) is 0 Å². The van der Waals surface area contributed by atoms with Gasteiger partial charge in [0.15, 0.2) is 5.84 Å². The van der Waals surface area contributed by atoms with E-state index in [4.69, 9.17) is 10.9 Å². The molecular formula is C12H18N4O2. The highest BCUT2D eigenvalue weighted by Crippen LogP contribution is 2.06. The normalized spacial score (nSPS) is 13.2. The standard InChI is InChI=1S/C12H18N4O2/c1-8(2)10(11(13)16-18)15-12(17)14-9-6-4-3-5-7-9/h3-8,10,18H,1-2H3,(H2,13,16)(H2,14,15,17). The minimum absolute atomic E-state index is 0.0161. The molecule has 0 radical (unpaired) electrons. The van der Waals surface area contributed by atoms with Crippen molar-refractivity contribution in [2.24, 2.45) is 16.8 Å². The van der Waals surface area contributed by atoms with Crippen LogP contribution in [0.4, 0.5) is 10.5 Å². The maximum atomic E-state index is 11.7. The Balaban J connectivity index is 2.63. The highest BCUT2D eigenvalue weighted by atomic mass is 16.4. The molecule has 18 heavy (non-hydrogen) atoms. The maximum absolute atomic E-state index is 11.7. The summed E-state index contributed by atoms with van der Waals surface area (Å²) in [6, 6.07) is 8.13. The summed E-state index contributed by atoms with van der Waals surface area (Å²) in [5.41, 5.74) is 6.20. The van der Waals surface area contributed by atoms with Gasteiger partial charge in [-0.05, 0) is 18.1 Å². The van der Waals surface area contributed by atoms with Crippen LogP contribution in [0.3, 0.4) is 0 Å². The van der Waals surface area contributed by atoms with Gasteiger partial charge in [0.05, 0.1) is 6.04 Å². The zero-order valence-electron chi connectivity index (χ0n) is 10.4. The zero-order chi connectivity index (χ0) is 13.5. The molecule has 2 amide bonds. The topological polar surface area (TPSA) is 99.7 Å². The lowest BCUT2D eigenvalue weighted by atomic mass is 10.0. The predicted octanol–water partition coefficient (Wildman–Crippen LogP) is 1.58. The van der Waals surface area contributed by atoms with Crippen LogP contribution in [-0.2, 0) is 0 Å². The molecule has 1 unspecified atom stereocenters. The van der Waals surface area contributed by atoms with E-state index in [1.165, 1.54) is 0 Å². The molecule has 98 valence electrons. The second kappa shape index (κ2) is 6.48. The number of anilines is 1. The lowest BCUT2D eigenvalue weighted by Crippen LogP contribution is -2.49. The molecule has 1 atom stereocenters. The summed E-state index contributed by atoms with van der Waals surface area (Å²) in [4.78, 5) is 11.7. The number of para-hydroxylation sites is 1. The molecule has 0 aromatic heterocycles. The van der Waals surface area contributed by atoms with Crippen molar-refractivity contribution in [1.29, 1.82) is 0 Å². The number of hydrogen-bond donors (Lipinski definition) is 4. The van der Waals surface area contributed by atoms with Crippen molar-refractivity contribution >= 4 is 17.6 Å². The summed E-state index contributed by atoms with van der Waals surface area (Å²) in [6.45, 7) is 3.73. The van der Waals surface area contributed by atoms with E-state index in [0.717, 1.165) is 0 Å². The van der Waals surface area contributed by atoms with E-state index in [1.54, 1.807) is 12.1 Å². The predicted molar refractivity (Wildman–Crippen MR) is 70.6 cm³/mol. The first-order valence-corrected chi connectivity index (χ1v) is 5.64. The van der Waals surface area contributed by atoms with Crippen molar-refractivity contribution in [2.75, 3.05) is 5.32 Å². The highest BCUT2D eigenvalue weighted by molar-refractivity contribution is 5.94. The molecule has 0 heterocycles. The minimum Gasteiger partial charge on any atom is -0.409 e. The Labute approximate surface area is 106 Å². The van der Waals surface area contributed by atoms with Crippen molar-refractivity contribution in [1.82, 2.24) is 5.32 Å². The van der Waals surface area contributed by atoms with Crippen molar-refractivity contribution < 1.29 is 10.0 Å². The van der Waals surface area contributed by atoms with Crippen LogP contribution in [0.15, 0.2) is 35.5 Å². The number of nitrogens with two attached hydrogens (primary N) is 1. The van der Waals surface area contributed by atoms with Gasteiger partial charge >= 0.3 is 6.03 Å². The van der Waals surface area contributed by atoms with Crippen molar-refractivity contribution in [3.63, 3.8) is 0 Å². The average molecular weight is 250 g/mol. The Kier molecular flexibility index (Phi) is 4.98. The monoisotopic (exact) mass is 250 g/mol. The maximum Gasteiger partial charge on any atom is 0.319 e. The Hall–Kier alpha value is -2.24. The number of carbonyl (C=O) groups excluding carboxylic acids is 1. The van der Waals surface area contributed by atoms with Gasteiger partial charge in [0.1, 0.15) is 0 Å². The number of rotatable bonds is 4. The number of urea groups is 1. The molecule has 0 aliphatic carbocycles. The van der Waals surface area contributed by atoms with Gasteiger partial charge in [-0.2, -0.15) is 0 Å². The SMILES string of the molecule is CC(C)C(NC(=O)Nc1ccccc1)C(N)=NO. The lowest BCUT2D eigenvalue weighted by molar-refractivity contribution is 0.248. The fourth-order valence-electron chi connectivity index (χ4n) is 1.47. The molecule has 0 aliphatic heterocycles. The third-order valence-corrected chi connectivity index (χ3v) is 2.42. The Morgan fingerprint density at radius 1 is 1.33 bits per heavy atom. The number of nitrogens with zero attached hydrogens (tertiary/aromatic N) is 1. The third kappa shape index (κ3) is 3.97. The number of carbonyl (C=O) groups is 1. The van der Waals surface area contributed by atoms with Crippen molar-refractivity contribution in [2.45, 2.75) is 19.9 Å². The first-order valence-electron chi connectivity index (χ1n) is 5.64. The molecule has 0 spiro atoms. The third-order valence-electron chi connectivity index (χ3n) is 2.42. The molecule has 0 saturated heterocycles. The number of benzene rings is 1. The molecule has 6 heteroatoms. The van der Waals surface area contributed by atoms with Gasteiger partial charge in [-0.15, -0.1) is 0 Å². The molecule has 0 fully saturated rings. The van der Waals surface area contributed by atoms with E-state index in [1.807, 2.05) is 32.0 Å². The van der Waals surface area contributed by atoms with Gasteiger partial charge in [-0.1, -0.05) is 37.2 Å². The summed E-state index contributed by atoms with van der Waals surface area (Å²) in [6.07, 6.45) is 0. The number of amidine groups is 1. The molecule has 1 aromatic rings. The van der Waals surface area contributed by atoms with Crippen LogP contribution >= 0.6 is 0 Å². The quantitative estimate of drug-likeness (QED) is 0.282. The number of hydrogen-bond acceptors (Lipinski definition) is 3. The second-order valence-corrected chi connectivity index (χ2v) is 4.21. The van der Waals surface area contributed by atoms with Gasteiger partial charge < -0.3 is 21.6 Å². The molecule has 1 aromatic carbocycles. The molecule has 1 rings (SSSR count). The fraction of sp³-hybridized carbons (Fsp3) is 0.333. The lowest BCUT2D eigenvalue weighted by Gasteiger charge is -2.21. The Morgan fingerprint density at radius 3 is 2.44 bits per heavy atom. The molecule has 6 nitrogen and oxygen atoms in total. The van der Waals surface area contributed by atoms with Crippen molar-refractivity contribution in [3.8, 4) is 0 Å². The van der Waals surface area contributed by atoms with Crippen molar-refractivity contribution in [3.05, 3.63) is 30.3 Å². The van der Waals surface area contributed by atoms with E-state index in [-0.39, 0.29) is 11.8 Å². The van der Waals surface area contributed by atoms with E-state index in [9.17, 15) is 4.79 Å². The van der Waals surface area contributed by atoms with E-state index in [0.29, 0.717) is 5.69 Å². The first-order chi connectivity index (χ1) is 8.54. The van der Waals surface area contributed by atoms with E-state index >= 15 is 0 Å². The van der Waals surface area contributed by atoms with Gasteiger partial charge in [0.25, 0.3) is 0 Å². The van der Waals surface area contributed by atoms with Crippen LogP contribution in [0.1, 0.15) is 13.8 Å². The Morgan fingerprint density at radius 2 is 1.94 bits per heavy atom. The van der Waals surface area contributed by atoms with E-state index < -0.39 is 12.1 Å². The van der Waals surface area contributed by atoms with Gasteiger partial charge in [0.2, 0.25) is 0 Å². The van der Waals surface area contributed by atoms with Gasteiger partial charge in [-0.3, -0.25) is 0 Å². The molecular weight excluding hydrogens is 232 g/mol. The minimum atomic E-state index is -0.515. The second-order valence-electron chi connectivity index (χ2n) is 4.21. The van der Waals surface area contributed by atoms with Crippen LogP contribution in [-0.4, -0.2) is 23.1 Å². The fourth-order valence-corrected chi connectivity index (χ4v) is 1.47. The van der Waals surface area contributed by atoms with Crippen LogP contribution in [0.5, 0.6) is 0 Å². The highest BCUT2D eigenvalue weighted by Gasteiger charge is 2.20. The smallest absolute Gasteiger partial charge is 0.319 e. The number of amides is 2. The molecule has 0 bridgehead atoms. The summed E-state index contributed by atoms with van der Waals surface area (Å²) in [5.74, 6) is -0.00404. The summed E-state index contributed by atoms with van der Waals surface area (Å²) < 4.78 is 0. The molecule has 5 N–H and O–H groups in total. The number of nitrogens with one attached hydrogen (secondary N) is 2. The summed E-state index contributed by atoms with van der Waals surface area (Å²) in [7, 11) is 0. The number of oxime groups is 1. The molecule has 0 saturated carbocycles. The zero-order valence-corrected chi connectivity index (χ0v) is 10.4. The van der Waals surface area contributed by atoms with Gasteiger partial charge in [0, 0.05) is 5.69 Å². The first kappa shape index (κ1) is 13.8. The Bertz CT molecular complexity index is 417. The van der Waals surface area contributed by atoms with Crippen LogP contribution in [0, 0.1) is 5.92 Å². The van der Waals surface area contributed by atoms with Gasteiger partial charge in [-0.25, -0.2) is 4.79 Å². The van der Waals surface area contributed by atoms with Crippen LogP contribution in [0.25, 0.3) is 0 Å². The summed E-state index contributed by atoms with van der Waals surface area (Å²) >= 11 is 0. The average Bonchev–Trinajstić information content (AvgIpc) is 2.36. The largest absolute Gasteiger partial charge is 0.409 e. The van der Waals surface area contributed by atoms with E-state index in [2.05, 4.69) is 15.8 Å².